The quantitative estimate of drug-likeness (QED) is 0.615. The number of nitrogens with two attached hydrogens (primary N) is 1. The maximum absolute atomic E-state index is 5.43. The van der Waals surface area contributed by atoms with Crippen LogP contribution in [0.1, 0.15) is 17.1 Å². The third-order valence-corrected chi connectivity index (χ3v) is 1.39. The Morgan fingerprint density at radius 1 is 1.50 bits per heavy atom. The van der Waals surface area contributed by atoms with Crippen molar-refractivity contribution < 1.29 is 0 Å². The topological polar surface area (TPSA) is 51.8 Å². The molecular weight excluding hydrogens is 126 g/mol. The number of rotatable bonds is 1. The predicted molar refractivity (Wildman–Crippen MR) is 39.4 cm³/mol. The molecule has 1 aromatic rings. The number of hydrogen-bond acceptors (Lipinski definition) is 3. The lowest BCUT2D eigenvalue weighted by atomic mass is 10.2. The smallest absolute Gasteiger partial charge is 0.125 e. The standard InChI is InChI=1S/C7H11N3/c1-5-4-9-6(2)10-7(5)3-8/h4H,3,8H2,1-2H3. The monoisotopic (exact) mass is 137 g/mol. The lowest BCUT2D eigenvalue weighted by Crippen LogP contribution is -2.04. The lowest BCUT2D eigenvalue weighted by molar-refractivity contribution is 0.905. The molecule has 1 rings (SSSR count). The van der Waals surface area contributed by atoms with Crippen molar-refractivity contribution in [1.82, 2.24) is 9.97 Å². The molecule has 0 radical (unpaired) electrons. The third kappa shape index (κ3) is 1.30. The SMILES string of the molecule is Cc1ncc(C)c(CN)n1. The van der Waals surface area contributed by atoms with E-state index in [1.54, 1.807) is 6.20 Å². The van der Waals surface area contributed by atoms with Gasteiger partial charge in [0.25, 0.3) is 0 Å². The summed E-state index contributed by atoms with van der Waals surface area (Å²) < 4.78 is 0. The predicted octanol–water partition coefficient (Wildman–Crippen LogP) is 0.552. The van der Waals surface area contributed by atoms with Gasteiger partial charge in [-0.05, 0) is 19.4 Å². The summed E-state index contributed by atoms with van der Waals surface area (Å²) in [6, 6.07) is 0. The zero-order valence-corrected chi connectivity index (χ0v) is 6.26. The van der Waals surface area contributed by atoms with Crippen LogP contribution in [-0.2, 0) is 6.54 Å². The van der Waals surface area contributed by atoms with E-state index in [-0.39, 0.29) is 0 Å². The first-order valence-corrected chi connectivity index (χ1v) is 3.23. The summed E-state index contributed by atoms with van der Waals surface area (Å²) >= 11 is 0. The summed E-state index contributed by atoms with van der Waals surface area (Å²) in [5, 5.41) is 0. The molecule has 1 aromatic heterocycles. The molecule has 54 valence electrons. The largest absolute Gasteiger partial charge is 0.325 e. The van der Waals surface area contributed by atoms with Crippen LogP contribution in [0.5, 0.6) is 0 Å². The maximum Gasteiger partial charge on any atom is 0.125 e. The number of aromatic nitrogens is 2. The summed E-state index contributed by atoms with van der Waals surface area (Å²) in [6.45, 7) is 4.31. The number of hydrogen-bond donors (Lipinski definition) is 1. The Morgan fingerprint density at radius 3 is 2.70 bits per heavy atom. The van der Waals surface area contributed by atoms with Gasteiger partial charge in [0.15, 0.2) is 0 Å². The highest BCUT2D eigenvalue weighted by atomic mass is 14.9. The van der Waals surface area contributed by atoms with E-state index in [1.165, 1.54) is 0 Å². The Kier molecular flexibility index (Phi) is 1.97. The van der Waals surface area contributed by atoms with Crippen LogP contribution >= 0.6 is 0 Å². The van der Waals surface area contributed by atoms with Crippen LogP contribution in [0.25, 0.3) is 0 Å². The van der Waals surface area contributed by atoms with Gasteiger partial charge < -0.3 is 5.73 Å². The second-order valence-corrected chi connectivity index (χ2v) is 2.25. The van der Waals surface area contributed by atoms with Gasteiger partial charge in [0.05, 0.1) is 5.69 Å². The van der Waals surface area contributed by atoms with E-state index < -0.39 is 0 Å². The summed E-state index contributed by atoms with van der Waals surface area (Å²) in [5.41, 5.74) is 7.43. The van der Waals surface area contributed by atoms with Crippen LogP contribution in [0.2, 0.25) is 0 Å². The highest BCUT2D eigenvalue weighted by molar-refractivity contribution is 5.14. The van der Waals surface area contributed by atoms with E-state index in [9.17, 15) is 0 Å². The molecule has 0 aromatic carbocycles. The van der Waals surface area contributed by atoms with E-state index in [0.29, 0.717) is 6.54 Å². The van der Waals surface area contributed by atoms with Gasteiger partial charge in [-0.25, -0.2) is 9.97 Å². The Hall–Kier alpha value is -0.960. The molecule has 0 aliphatic carbocycles. The van der Waals surface area contributed by atoms with Crippen LogP contribution in [0, 0.1) is 13.8 Å². The van der Waals surface area contributed by atoms with E-state index in [4.69, 9.17) is 5.73 Å². The Morgan fingerprint density at radius 2 is 2.20 bits per heavy atom. The first-order chi connectivity index (χ1) is 4.74. The number of aryl methyl sites for hydroxylation is 2. The molecule has 0 bridgehead atoms. The summed E-state index contributed by atoms with van der Waals surface area (Å²) in [5.74, 6) is 0.783. The average Bonchev–Trinajstić information content (AvgIpc) is 1.94. The van der Waals surface area contributed by atoms with Crippen LogP contribution in [0.3, 0.4) is 0 Å². The molecule has 0 amide bonds. The highest BCUT2D eigenvalue weighted by Crippen LogP contribution is 2.00. The summed E-state index contributed by atoms with van der Waals surface area (Å²) in [6.07, 6.45) is 1.80. The molecule has 0 saturated heterocycles. The number of nitrogens with zero attached hydrogens (tertiary/aromatic N) is 2. The molecule has 1 heterocycles. The van der Waals surface area contributed by atoms with Crippen molar-refractivity contribution in [2.24, 2.45) is 5.73 Å². The Balaban J connectivity index is 3.09. The molecule has 0 aliphatic rings. The third-order valence-electron chi connectivity index (χ3n) is 1.39. The van der Waals surface area contributed by atoms with Crippen molar-refractivity contribution in [3.8, 4) is 0 Å². The molecule has 10 heavy (non-hydrogen) atoms. The van der Waals surface area contributed by atoms with Gasteiger partial charge >= 0.3 is 0 Å². The van der Waals surface area contributed by atoms with Crippen molar-refractivity contribution >= 4 is 0 Å². The molecule has 2 N–H and O–H groups in total. The fourth-order valence-electron chi connectivity index (χ4n) is 0.784. The van der Waals surface area contributed by atoms with Gasteiger partial charge in [-0.15, -0.1) is 0 Å². The van der Waals surface area contributed by atoms with E-state index >= 15 is 0 Å². The van der Waals surface area contributed by atoms with Crippen molar-refractivity contribution in [1.29, 1.82) is 0 Å². The second kappa shape index (κ2) is 2.75. The first-order valence-electron chi connectivity index (χ1n) is 3.23. The van der Waals surface area contributed by atoms with Gasteiger partial charge in [-0.2, -0.15) is 0 Å². The van der Waals surface area contributed by atoms with Crippen molar-refractivity contribution in [3.63, 3.8) is 0 Å². The fourth-order valence-corrected chi connectivity index (χ4v) is 0.784. The molecule has 3 heteroatoms. The Labute approximate surface area is 60.3 Å². The fraction of sp³-hybridized carbons (Fsp3) is 0.429. The van der Waals surface area contributed by atoms with E-state index in [0.717, 1.165) is 17.1 Å². The maximum atomic E-state index is 5.43. The molecule has 0 spiro atoms. The minimum absolute atomic E-state index is 0.495. The van der Waals surface area contributed by atoms with Crippen molar-refractivity contribution in [2.45, 2.75) is 20.4 Å². The molecule has 3 nitrogen and oxygen atoms in total. The Bertz CT molecular complexity index is 232. The van der Waals surface area contributed by atoms with Gasteiger partial charge in [0.1, 0.15) is 5.82 Å². The molecule has 0 aliphatic heterocycles. The van der Waals surface area contributed by atoms with E-state index in [1.807, 2.05) is 13.8 Å². The second-order valence-electron chi connectivity index (χ2n) is 2.25. The van der Waals surface area contributed by atoms with Gasteiger partial charge in [0.2, 0.25) is 0 Å². The van der Waals surface area contributed by atoms with Crippen LogP contribution in [-0.4, -0.2) is 9.97 Å². The van der Waals surface area contributed by atoms with E-state index in [2.05, 4.69) is 9.97 Å². The lowest BCUT2D eigenvalue weighted by Gasteiger charge is -2.00. The van der Waals surface area contributed by atoms with Crippen LogP contribution in [0.15, 0.2) is 6.20 Å². The highest BCUT2D eigenvalue weighted by Gasteiger charge is 1.96. The van der Waals surface area contributed by atoms with Gasteiger partial charge in [-0.1, -0.05) is 0 Å². The van der Waals surface area contributed by atoms with Crippen molar-refractivity contribution in [2.75, 3.05) is 0 Å². The zero-order chi connectivity index (χ0) is 7.56. The minimum atomic E-state index is 0.495. The summed E-state index contributed by atoms with van der Waals surface area (Å²) in [7, 11) is 0. The minimum Gasteiger partial charge on any atom is -0.325 e. The van der Waals surface area contributed by atoms with Gasteiger partial charge in [0, 0.05) is 12.7 Å². The zero-order valence-electron chi connectivity index (χ0n) is 6.26. The summed E-state index contributed by atoms with van der Waals surface area (Å²) in [4.78, 5) is 8.18. The molecule has 0 atom stereocenters. The molecule has 0 unspecified atom stereocenters. The van der Waals surface area contributed by atoms with Crippen LogP contribution < -0.4 is 5.73 Å². The molecular formula is C7H11N3. The van der Waals surface area contributed by atoms with Crippen molar-refractivity contribution in [3.05, 3.63) is 23.3 Å². The molecule has 0 fully saturated rings. The average molecular weight is 137 g/mol. The normalized spacial score (nSPS) is 9.90. The first kappa shape index (κ1) is 7.15. The van der Waals surface area contributed by atoms with Crippen LogP contribution in [0.4, 0.5) is 0 Å². The molecule has 0 saturated carbocycles. The van der Waals surface area contributed by atoms with Gasteiger partial charge in [-0.3, -0.25) is 0 Å².